The first-order chi connectivity index (χ1) is 7.50. The van der Waals surface area contributed by atoms with E-state index in [1.54, 1.807) is 24.5 Å². The maximum absolute atomic E-state index is 10.9. The minimum atomic E-state index is -0.821. The average Bonchev–Trinajstić information content (AvgIpc) is 2.16. The summed E-state index contributed by atoms with van der Waals surface area (Å²) in [4.78, 5) is 0.316. The Morgan fingerprint density at radius 1 is 1.62 bits per heavy atom. The van der Waals surface area contributed by atoms with Gasteiger partial charge >= 0.3 is 0 Å². The van der Waals surface area contributed by atoms with Crippen molar-refractivity contribution in [2.45, 2.75) is 0 Å². The third-order valence-corrected chi connectivity index (χ3v) is 3.19. The van der Waals surface area contributed by atoms with Gasteiger partial charge in [0, 0.05) is 45.6 Å². The normalized spacial score (nSPS) is 12.1. The fourth-order valence-corrected chi connectivity index (χ4v) is 1.95. The molecule has 0 saturated heterocycles. The van der Waals surface area contributed by atoms with Crippen molar-refractivity contribution in [2.75, 3.05) is 23.9 Å². The van der Waals surface area contributed by atoms with Gasteiger partial charge in [-0.15, -0.1) is 0 Å². The Bertz CT molecular complexity index is 423. The molecule has 1 aromatic carbocycles. The van der Waals surface area contributed by atoms with Gasteiger partial charge in [-0.3, -0.25) is 4.21 Å². The highest BCUT2D eigenvalue weighted by Crippen LogP contribution is 2.20. The largest absolute Gasteiger partial charge is 0.389 e. The lowest BCUT2D eigenvalue weighted by Gasteiger charge is -2.10. The second-order valence-corrected chi connectivity index (χ2v) is 5.69. The van der Waals surface area contributed by atoms with E-state index in [-0.39, 0.29) is 0 Å². The molecule has 1 atom stereocenters. The molecule has 1 rings (SSSR count). The molecule has 0 aliphatic carbocycles. The van der Waals surface area contributed by atoms with E-state index in [1.807, 2.05) is 0 Å². The van der Waals surface area contributed by atoms with Crippen molar-refractivity contribution in [3.63, 3.8) is 0 Å². The molecular formula is C10H13ClN2OS2. The third kappa shape index (κ3) is 4.08. The molecule has 0 heterocycles. The number of halogens is 1. The molecule has 0 aliphatic rings. The highest BCUT2D eigenvalue weighted by Gasteiger charge is 2.05. The SMILES string of the molecule is CS(=O)CCNc1cc(Cl)ccc1C(N)=S. The topological polar surface area (TPSA) is 55.1 Å². The lowest BCUT2D eigenvalue weighted by atomic mass is 10.2. The number of hydrogen-bond acceptors (Lipinski definition) is 3. The average molecular weight is 277 g/mol. The van der Waals surface area contributed by atoms with Crippen molar-refractivity contribution in [1.29, 1.82) is 0 Å². The number of hydrogen-bond donors (Lipinski definition) is 2. The molecule has 0 amide bonds. The van der Waals surface area contributed by atoms with Gasteiger partial charge in [0.1, 0.15) is 4.99 Å². The lowest BCUT2D eigenvalue weighted by Crippen LogP contribution is -2.16. The molecule has 0 aliphatic heterocycles. The number of thiocarbonyl (C=S) groups is 1. The molecule has 0 radical (unpaired) electrons. The van der Waals surface area contributed by atoms with Crippen molar-refractivity contribution >= 4 is 45.3 Å². The number of nitrogens with two attached hydrogens (primary N) is 1. The van der Waals surface area contributed by atoms with E-state index in [4.69, 9.17) is 29.6 Å². The molecule has 88 valence electrons. The standard InChI is InChI=1S/C10H13ClN2OS2/c1-16(14)5-4-13-9-6-7(11)2-3-8(9)10(12)15/h2-3,6,13H,4-5H2,1H3,(H2,12,15). The fourth-order valence-electron chi connectivity index (χ4n) is 1.21. The van der Waals surface area contributed by atoms with Crippen molar-refractivity contribution < 1.29 is 4.21 Å². The van der Waals surface area contributed by atoms with Crippen LogP contribution in [0, 0.1) is 0 Å². The molecule has 3 nitrogen and oxygen atoms in total. The van der Waals surface area contributed by atoms with Crippen LogP contribution in [0.3, 0.4) is 0 Å². The van der Waals surface area contributed by atoms with Crippen LogP contribution < -0.4 is 11.1 Å². The summed E-state index contributed by atoms with van der Waals surface area (Å²) in [6.45, 7) is 0.596. The summed E-state index contributed by atoms with van der Waals surface area (Å²) in [5.41, 5.74) is 7.12. The summed E-state index contributed by atoms with van der Waals surface area (Å²) >= 11 is 10.8. The molecule has 16 heavy (non-hydrogen) atoms. The highest BCUT2D eigenvalue weighted by atomic mass is 35.5. The second-order valence-electron chi connectivity index (χ2n) is 3.26. The molecule has 0 spiro atoms. The van der Waals surface area contributed by atoms with Crippen LogP contribution in [0.5, 0.6) is 0 Å². The number of nitrogens with one attached hydrogen (secondary N) is 1. The van der Waals surface area contributed by atoms with Crippen LogP contribution in [-0.2, 0) is 10.8 Å². The van der Waals surface area contributed by atoms with Gasteiger partial charge in [-0.05, 0) is 18.2 Å². The highest BCUT2D eigenvalue weighted by molar-refractivity contribution is 7.84. The summed E-state index contributed by atoms with van der Waals surface area (Å²) in [6, 6.07) is 5.27. The summed E-state index contributed by atoms with van der Waals surface area (Å²) in [6.07, 6.45) is 1.66. The van der Waals surface area contributed by atoms with Crippen LogP contribution in [0.1, 0.15) is 5.56 Å². The fraction of sp³-hybridized carbons (Fsp3) is 0.300. The monoisotopic (exact) mass is 276 g/mol. The summed E-state index contributed by atoms with van der Waals surface area (Å²) in [5, 5.41) is 3.73. The maximum Gasteiger partial charge on any atom is 0.106 e. The van der Waals surface area contributed by atoms with E-state index < -0.39 is 10.8 Å². The Morgan fingerprint density at radius 3 is 2.88 bits per heavy atom. The first-order valence-electron chi connectivity index (χ1n) is 4.64. The van der Waals surface area contributed by atoms with Crippen LogP contribution in [-0.4, -0.2) is 27.8 Å². The molecule has 1 unspecified atom stereocenters. The van der Waals surface area contributed by atoms with Gasteiger partial charge in [0.2, 0.25) is 0 Å². The minimum absolute atomic E-state index is 0.316. The minimum Gasteiger partial charge on any atom is -0.389 e. The van der Waals surface area contributed by atoms with Crippen LogP contribution >= 0.6 is 23.8 Å². The zero-order valence-corrected chi connectivity index (χ0v) is 11.2. The van der Waals surface area contributed by atoms with E-state index in [1.165, 1.54) is 0 Å². The maximum atomic E-state index is 10.9. The van der Waals surface area contributed by atoms with Gasteiger partial charge < -0.3 is 11.1 Å². The van der Waals surface area contributed by atoms with E-state index in [0.29, 0.717) is 22.3 Å². The lowest BCUT2D eigenvalue weighted by molar-refractivity contribution is 0.687. The Labute approximate surface area is 108 Å². The molecule has 0 fully saturated rings. The predicted octanol–water partition coefficient (Wildman–Crippen LogP) is 1.76. The van der Waals surface area contributed by atoms with Crippen molar-refractivity contribution in [3.05, 3.63) is 28.8 Å². The first-order valence-corrected chi connectivity index (χ1v) is 7.15. The molecule has 1 aromatic rings. The predicted molar refractivity (Wildman–Crippen MR) is 74.8 cm³/mol. The van der Waals surface area contributed by atoms with Gasteiger partial charge in [-0.2, -0.15) is 0 Å². The van der Waals surface area contributed by atoms with Gasteiger partial charge in [-0.25, -0.2) is 0 Å². The van der Waals surface area contributed by atoms with E-state index in [0.717, 1.165) is 11.3 Å². The smallest absolute Gasteiger partial charge is 0.106 e. The number of benzene rings is 1. The molecular weight excluding hydrogens is 264 g/mol. The molecule has 0 saturated carbocycles. The number of rotatable bonds is 5. The van der Waals surface area contributed by atoms with E-state index >= 15 is 0 Å². The second kappa shape index (κ2) is 6.18. The Balaban J connectivity index is 2.80. The van der Waals surface area contributed by atoms with Gasteiger partial charge in [0.15, 0.2) is 0 Å². The van der Waals surface area contributed by atoms with Crippen LogP contribution in [0.2, 0.25) is 5.02 Å². The zero-order chi connectivity index (χ0) is 12.1. The van der Waals surface area contributed by atoms with Gasteiger partial charge in [0.05, 0.1) is 0 Å². The van der Waals surface area contributed by atoms with Crippen molar-refractivity contribution in [2.24, 2.45) is 5.73 Å². The molecule has 6 heteroatoms. The van der Waals surface area contributed by atoms with Gasteiger partial charge in [0.25, 0.3) is 0 Å². The van der Waals surface area contributed by atoms with E-state index in [2.05, 4.69) is 5.32 Å². The Kier molecular flexibility index (Phi) is 5.18. The van der Waals surface area contributed by atoms with Crippen LogP contribution in [0.15, 0.2) is 18.2 Å². The Hall–Kier alpha value is -0.650. The number of anilines is 1. The molecule has 0 bridgehead atoms. The van der Waals surface area contributed by atoms with Crippen molar-refractivity contribution in [1.82, 2.24) is 0 Å². The first kappa shape index (κ1) is 13.4. The zero-order valence-electron chi connectivity index (χ0n) is 8.83. The Morgan fingerprint density at radius 2 is 2.31 bits per heavy atom. The molecule has 3 N–H and O–H groups in total. The quantitative estimate of drug-likeness (QED) is 0.805. The van der Waals surface area contributed by atoms with E-state index in [9.17, 15) is 4.21 Å². The summed E-state index contributed by atoms with van der Waals surface area (Å²) < 4.78 is 10.9. The van der Waals surface area contributed by atoms with Crippen LogP contribution in [0.25, 0.3) is 0 Å². The van der Waals surface area contributed by atoms with Gasteiger partial charge in [-0.1, -0.05) is 23.8 Å². The summed E-state index contributed by atoms with van der Waals surface area (Å²) in [7, 11) is -0.821. The van der Waals surface area contributed by atoms with Crippen molar-refractivity contribution in [3.8, 4) is 0 Å². The molecule has 0 aromatic heterocycles. The van der Waals surface area contributed by atoms with Crippen LogP contribution in [0.4, 0.5) is 5.69 Å². The third-order valence-electron chi connectivity index (χ3n) is 1.95. The summed E-state index contributed by atoms with van der Waals surface area (Å²) in [5.74, 6) is 0.573.